The molecule has 4 aromatic rings. The van der Waals surface area contributed by atoms with Crippen LogP contribution in [0.1, 0.15) is 26.5 Å². The summed E-state index contributed by atoms with van der Waals surface area (Å²) in [6.45, 7) is 7.15. The molecule has 2 aromatic carbocycles. The lowest BCUT2D eigenvalue weighted by Crippen LogP contribution is -2.17. The van der Waals surface area contributed by atoms with E-state index >= 15 is 0 Å². The number of hydrogen-bond acceptors (Lipinski definition) is 6. The van der Waals surface area contributed by atoms with Gasteiger partial charge in [-0.05, 0) is 53.9 Å². The van der Waals surface area contributed by atoms with Crippen LogP contribution in [0.3, 0.4) is 0 Å². The normalized spacial score (nSPS) is 11.3. The summed E-state index contributed by atoms with van der Waals surface area (Å²) in [4.78, 5) is 28.0. The molecule has 1 N–H and O–H groups in total. The van der Waals surface area contributed by atoms with Gasteiger partial charge in [-0.3, -0.25) is 9.97 Å². The van der Waals surface area contributed by atoms with E-state index in [1.165, 1.54) is 0 Å². The van der Waals surface area contributed by atoms with E-state index in [0.29, 0.717) is 28.5 Å². The van der Waals surface area contributed by atoms with Crippen molar-refractivity contribution in [2.24, 2.45) is 5.41 Å². The highest BCUT2D eigenvalue weighted by atomic mass is 35.5. The first-order valence-electron chi connectivity index (χ1n) is 10.8. The molecule has 4 rings (SSSR count). The van der Waals surface area contributed by atoms with Gasteiger partial charge in [-0.2, -0.15) is 4.98 Å². The van der Waals surface area contributed by atoms with Gasteiger partial charge in [0, 0.05) is 11.8 Å². The highest BCUT2D eigenvalue weighted by molar-refractivity contribution is 6.33. The fourth-order valence-corrected chi connectivity index (χ4v) is 3.38. The Kier molecular flexibility index (Phi) is 6.93. The number of nitrogens with one attached hydrogen (secondary N) is 1. The van der Waals surface area contributed by atoms with Crippen molar-refractivity contribution in [3.63, 3.8) is 0 Å². The minimum Gasteiger partial charge on any atom is -0.493 e. The number of benzene rings is 2. The highest BCUT2D eigenvalue weighted by Gasteiger charge is 2.17. The molecule has 34 heavy (non-hydrogen) atoms. The molecular formula is C26H25ClN4O3. The van der Waals surface area contributed by atoms with Gasteiger partial charge >= 0.3 is 5.69 Å². The van der Waals surface area contributed by atoms with E-state index in [0.717, 1.165) is 11.4 Å². The molecule has 0 bridgehead atoms. The minimum absolute atomic E-state index is 0.0503. The summed E-state index contributed by atoms with van der Waals surface area (Å²) < 4.78 is 11.8. The van der Waals surface area contributed by atoms with Gasteiger partial charge in [0.05, 0.1) is 22.9 Å². The molecule has 7 nitrogen and oxygen atoms in total. The van der Waals surface area contributed by atoms with Crippen LogP contribution in [0.25, 0.3) is 22.8 Å². The van der Waals surface area contributed by atoms with Crippen molar-refractivity contribution in [3.05, 3.63) is 88.1 Å². The summed E-state index contributed by atoms with van der Waals surface area (Å²) in [5, 5.41) is 0.393. The third-order valence-corrected chi connectivity index (χ3v) is 5.06. The second kappa shape index (κ2) is 10.1. The Morgan fingerprint density at radius 2 is 1.74 bits per heavy atom. The van der Waals surface area contributed by atoms with Gasteiger partial charge in [0.25, 0.3) is 0 Å². The Morgan fingerprint density at radius 1 is 0.941 bits per heavy atom. The number of H-pyrrole nitrogens is 1. The summed E-state index contributed by atoms with van der Waals surface area (Å²) in [5.41, 5.74) is 1.43. The molecule has 0 saturated heterocycles. The molecule has 8 heteroatoms. The van der Waals surface area contributed by atoms with Gasteiger partial charge in [0.2, 0.25) is 0 Å². The molecule has 0 aliphatic rings. The third-order valence-electron chi connectivity index (χ3n) is 4.75. The van der Waals surface area contributed by atoms with E-state index in [9.17, 15) is 4.79 Å². The Bertz CT molecular complexity index is 1320. The van der Waals surface area contributed by atoms with Crippen LogP contribution >= 0.6 is 11.6 Å². The molecule has 0 aliphatic heterocycles. The minimum atomic E-state index is -0.538. The van der Waals surface area contributed by atoms with E-state index in [1.54, 1.807) is 24.4 Å². The van der Waals surface area contributed by atoms with Crippen LogP contribution < -0.4 is 15.2 Å². The molecule has 0 saturated carbocycles. The second-order valence-electron chi connectivity index (χ2n) is 8.92. The van der Waals surface area contributed by atoms with Crippen LogP contribution in [-0.4, -0.2) is 26.5 Å². The number of aromatic nitrogens is 4. The summed E-state index contributed by atoms with van der Waals surface area (Å²) in [6.07, 6.45) is 1.70. The van der Waals surface area contributed by atoms with Crippen LogP contribution in [0.5, 0.6) is 11.5 Å². The summed E-state index contributed by atoms with van der Waals surface area (Å²) in [5.74, 6) is 1.76. The lowest BCUT2D eigenvalue weighted by Gasteiger charge is -2.18. The number of nitrogens with zero attached hydrogens (tertiary/aromatic N) is 3. The van der Waals surface area contributed by atoms with E-state index in [1.807, 2.05) is 42.5 Å². The van der Waals surface area contributed by atoms with Crippen molar-refractivity contribution >= 4 is 11.6 Å². The van der Waals surface area contributed by atoms with E-state index in [2.05, 4.69) is 40.7 Å². The van der Waals surface area contributed by atoms with Crippen molar-refractivity contribution in [1.29, 1.82) is 0 Å². The first-order chi connectivity index (χ1) is 16.3. The molecule has 0 unspecified atom stereocenters. The first-order valence-corrected chi connectivity index (χ1v) is 11.2. The molecule has 0 aliphatic carbocycles. The standard InChI is InChI=1S/C26H25ClN4O3/c1-26(2,3)16-34-19-12-10-17(11-13-19)23-29-24(31-25(32)30-23)22-20(27)8-6-9-21(22)33-15-18-7-4-5-14-28-18/h4-14H,15-16H2,1-3H3,(H,29,30,31,32). The van der Waals surface area contributed by atoms with E-state index in [4.69, 9.17) is 21.1 Å². The zero-order valence-corrected chi connectivity index (χ0v) is 20.0. The summed E-state index contributed by atoms with van der Waals surface area (Å²) in [6, 6.07) is 18.2. The summed E-state index contributed by atoms with van der Waals surface area (Å²) in [7, 11) is 0. The van der Waals surface area contributed by atoms with Crippen molar-refractivity contribution in [2.45, 2.75) is 27.4 Å². The molecule has 2 heterocycles. The Balaban J connectivity index is 1.63. The van der Waals surface area contributed by atoms with Crippen molar-refractivity contribution in [1.82, 2.24) is 19.9 Å². The van der Waals surface area contributed by atoms with Gasteiger partial charge in [0.15, 0.2) is 5.82 Å². The number of aromatic amines is 1. The van der Waals surface area contributed by atoms with Crippen LogP contribution in [0, 0.1) is 5.41 Å². The van der Waals surface area contributed by atoms with Gasteiger partial charge in [-0.25, -0.2) is 9.78 Å². The molecule has 0 atom stereocenters. The smallest absolute Gasteiger partial charge is 0.348 e. The van der Waals surface area contributed by atoms with E-state index < -0.39 is 5.69 Å². The third kappa shape index (κ3) is 5.99. The second-order valence-corrected chi connectivity index (χ2v) is 9.33. The number of rotatable bonds is 7. The van der Waals surface area contributed by atoms with Gasteiger partial charge in [-0.15, -0.1) is 0 Å². The van der Waals surface area contributed by atoms with Crippen molar-refractivity contribution in [2.75, 3.05) is 6.61 Å². The maximum Gasteiger partial charge on any atom is 0.348 e. The highest BCUT2D eigenvalue weighted by Crippen LogP contribution is 2.35. The van der Waals surface area contributed by atoms with Crippen LogP contribution in [0.4, 0.5) is 0 Å². The molecule has 174 valence electrons. The Morgan fingerprint density at radius 3 is 2.44 bits per heavy atom. The fourth-order valence-electron chi connectivity index (χ4n) is 3.12. The molecular weight excluding hydrogens is 452 g/mol. The predicted octanol–water partition coefficient (Wildman–Crippen LogP) is 5.55. The predicted molar refractivity (Wildman–Crippen MR) is 132 cm³/mol. The summed E-state index contributed by atoms with van der Waals surface area (Å²) >= 11 is 6.49. The van der Waals surface area contributed by atoms with Crippen molar-refractivity contribution in [3.8, 4) is 34.3 Å². The lowest BCUT2D eigenvalue weighted by molar-refractivity contribution is 0.198. The average molecular weight is 477 g/mol. The Labute approximate surface area is 202 Å². The number of halogens is 1. The van der Waals surface area contributed by atoms with Crippen LogP contribution in [0.2, 0.25) is 5.02 Å². The monoisotopic (exact) mass is 476 g/mol. The number of ether oxygens (including phenoxy) is 2. The maximum atomic E-state index is 12.4. The van der Waals surface area contributed by atoms with E-state index in [-0.39, 0.29) is 23.7 Å². The average Bonchev–Trinajstić information content (AvgIpc) is 2.81. The quantitative estimate of drug-likeness (QED) is 0.376. The molecule has 0 radical (unpaired) electrons. The zero-order valence-electron chi connectivity index (χ0n) is 19.2. The van der Waals surface area contributed by atoms with Gasteiger partial charge in [-0.1, -0.05) is 44.5 Å². The molecule has 0 spiro atoms. The van der Waals surface area contributed by atoms with Crippen LogP contribution in [0.15, 0.2) is 71.7 Å². The number of pyridine rings is 1. The van der Waals surface area contributed by atoms with Gasteiger partial charge in [0.1, 0.15) is 23.9 Å². The van der Waals surface area contributed by atoms with Crippen LogP contribution in [-0.2, 0) is 6.61 Å². The largest absolute Gasteiger partial charge is 0.493 e. The zero-order chi connectivity index (χ0) is 24.1. The first kappa shape index (κ1) is 23.4. The Hall–Kier alpha value is -3.71. The molecule has 0 fully saturated rings. The molecule has 2 aromatic heterocycles. The van der Waals surface area contributed by atoms with Gasteiger partial charge < -0.3 is 9.47 Å². The number of hydrogen-bond donors (Lipinski definition) is 1. The fraction of sp³-hybridized carbons (Fsp3) is 0.231. The van der Waals surface area contributed by atoms with Crippen molar-refractivity contribution < 1.29 is 9.47 Å². The molecule has 0 amide bonds. The lowest BCUT2D eigenvalue weighted by atomic mass is 9.99. The maximum absolute atomic E-state index is 12.4. The SMILES string of the molecule is CC(C)(C)COc1ccc(-c2nc(-c3c(Cl)cccc3OCc3ccccn3)[nH]c(=O)n2)cc1. The topological polar surface area (TPSA) is 90.0 Å².